The summed E-state index contributed by atoms with van der Waals surface area (Å²) >= 11 is 0. The van der Waals surface area contributed by atoms with Gasteiger partial charge in [0.1, 0.15) is 18.5 Å². The van der Waals surface area contributed by atoms with Crippen LogP contribution in [0.4, 0.5) is 0 Å². The van der Waals surface area contributed by atoms with Gasteiger partial charge in [-0.15, -0.1) is 0 Å². The van der Waals surface area contributed by atoms with Gasteiger partial charge in [-0.25, -0.2) is 0 Å². The zero-order valence-electron chi connectivity index (χ0n) is 6.82. The van der Waals surface area contributed by atoms with Crippen molar-refractivity contribution < 1.29 is 19.3 Å². The Labute approximate surface area is 74.6 Å². The first kappa shape index (κ1) is 7.03. The van der Waals surface area contributed by atoms with Crippen molar-refractivity contribution in [2.24, 2.45) is 0 Å². The highest BCUT2D eigenvalue weighted by molar-refractivity contribution is 5.53. The van der Waals surface area contributed by atoms with Gasteiger partial charge in [0.25, 0.3) is 0 Å². The van der Waals surface area contributed by atoms with Crippen LogP contribution in [-0.4, -0.2) is 18.5 Å². The van der Waals surface area contributed by atoms with Gasteiger partial charge in [-0.3, -0.25) is 0 Å². The molecule has 1 aromatic carbocycles. The Morgan fingerprint density at radius 2 is 1.85 bits per heavy atom. The topological polar surface area (TPSA) is 47.9 Å². The molecule has 0 bridgehead atoms. The molecule has 68 valence electrons. The van der Waals surface area contributed by atoms with Crippen LogP contribution in [0.2, 0.25) is 0 Å². The van der Waals surface area contributed by atoms with E-state index in [4.69, 9.17) is 14.2 Å². The fourth-order valence-corrected chi connectivity index (χ4v) is 1.58. The molecule has 0 aliphatic carbocycles. The lowest BCUT2D eigenvalue weighted by Crippen LogP contribution is -1.97. The minimum atomic E-state index is -0.538. The zero-order chi connectivity index (χ0) is 8.84. The minimum Gasteiger partial charge on any atom is -0.490 e. The molecule has 0 fully saturated rings. The van der Waals surface area contributed by atoms with Crippen molar-refractivity contribution in [1.29, 1.82) is 0 Å². The predicted octanol–water partition coefficient (Wildman–Crippen LogP) is 0.841. The second kappa shape index (κ2) is 2.29. The highest BCUT2D eigenvalue weighted by Gasteiger charge is 2.26. The standard InChI is InChI=1S/C9H8O4/c10-6-3-11-7-2-9-8(1-5(6)7)12-4-13-9/h1-2,6,10H,3-4H2. The van der Waals surface area contributed by atoms with Crippen LogP contribution in [0.15, 0.2) is 12.1 Å². The Morgan fingerprint density at radius 3 is 2.69 bits per heavy atom. The van der Waals surface area contributed by atoms with Crippen molar-refractivity contribution >= 4 is 0 Å². The van der Waals surface area contributed by atoms with Crippen molar-refractivity contribution in [3.63, 3.8) is 0 Å². The Kier molecular flexibility index (Phi) is 1.24. The lowest BCUT2D eigenvalue weighted by Gasteiger charge is -2.01. The third-order valence-electron chi connectivity index (χ3n) is 2.26. The quantitative estimate of drug-likeness (QED) is 0.642. The number of rotatable bonds is 0. The molecule has 3 rings (SSSR count). The number of hydrogen-bond acceptors (Lipinski definition) is 4. The largest absolute Gasteiger partial charge is 0.490 e. The number of ether oxygens (including phenoxy) is 3. The van der Waals surface area contributed by atoms with Gasteiger partial charge in [0.05, 0.1) is 0 Å². The molecule has 1 atom stereocenters. The zero-order valence-corrected chi connectivity index (χ0v) is 6.82. The van der Waals surface area contributed by atoms with E-state index in [0.717, 1.165) is 5.56 Å². The fourth-order valence-electron chi connectivity index (χ4n) is 1.58. The lowest BCUT2D eigenvalue weighted by atomic mass is 10.1. The molecular weight excluding hydrogens is 172 g/mol. The number of benzene rings is 1. The van der Waals surface area contributed by atoms with Gasteiger partial charge in [-0.05, 0) is 6.07 Å². The van der Waals surface area contributed by atoms with Crippen LogP contribution in [0.25, 0.3) is 0 Å². The highest BCUT2D eigenvalue weighted by Crippen LogP contribution is 2.43. The lowest BCUT2D eigenvalue weighted by molar-refractivity contribution is 0.139. The number of aliphatic hydroxyl groups excluding tert-OH is 1. The SMILES string of the molecule is OC1COc2cc3c(cc21)OCO3. The molecule has 2 aliphatic heterocycles. The smallest absolute Gasteiger partial charge is 0.231 e. The van der Waals surface area contributed by atoms with E-state index in [1.54, 1.807) is 12.1 Å². The van der Waals surface area contributed by atoms with E-state index in [1.165, 1.54) is 0 Å². The van der Waals surface area contributed by atoms with Crippen molar-refractivity contribution in [3.8, 4) is 17.2 Å². The molecule has 1 aromatic rings. The van der Waals surface area contributed by atoms with Crippen molar-refractivity contribution in [3.05, 3.63) is 17.7 Å². The van der Waals surface area contributed by atoms with Gasteiger partial charge in [0.2, 0.25) is 6.79 Å². The van der Waals surface area contributed by atoms with Crippen molar-refractivity contribution in [2.75, 3.05) is 13.4 Å². The summed E-state index contributed by atoms with van der Waals surface area (Å²) in [6.45, 7) is 0.562. The maximum Gasteiger partial charge on any atom is 0.231 e. The third-order valence-corrected chi connectivity index (χ3v) is 2.26. The summed E-state index contributed by atoms with van der Waals surface area (Å²) in [5.41, 5.74) is 0.782. The van der Waals surface area contributed by atoms with Gasteiger partial charge in [-0.2, -0.15) is 0 Å². The molecule has 4 heteroatoms. The molecule has 0 amide bonds. The predicted molar refractivity (Wildman–Crippen MR) is 43.0 cm³/mol. The van der Waals surface area contributed by atoms with Crippen molar-refractivity contribution in [1.82, 2.24) is 0 Å². The Bertz CT molecular complexity index is 361. The van der Waals surface area contributed by atoms with Gasteiger partial charge in [-0.1, -0.05) is 0 Å². The molecule has 1 N–H and O–H groups in total. The Hall–Kier alpha value is -1.42. The molecule has 0 saturated carbocycles. The molecule has 4 nitrogen and oxygen atoms in total. The molecule has 0 saturated heterocycles. The average Bonchev–Trinajstić information content (AvgIpc) is 2.70. The van der Waals surface area contributed by atoms with Crippen LogP contribution in [-0.2, 0) is 0 Å². The van der Waals surface area contributed by atoms with Crippen LogP contribution in [0, 0.1) is 0 Å². The van der Waals surface area contributed by atoms with E-state index < -0.39 is 6.10 Å². The molecule has 1 unspecified atom stereocenters. The maximum atomic E-state index is 9.49. The van der Waals surface area contributed by atoms with Crippen LogP contribution < -0.4 is 14.2 Å². The number of fused-ring (bicyclic) bond motifs is 2. The van der Waals surface area contributed by atoms with Gasteiger partial charge < -0.3 is 19.3 Å². The molecule has 0 radical (unpaired) electrons. The van der Waals surface area contributed by atoms with Gasteiger partial charge in [0.15, 0.2) is 11.5 Å². The van der Waals surface area contributed by atoms with Gasteiger partial charge >= 0.3 is 0 Å². The first-order valence-corrected chi connectivity index (χ1v) is 4.09. The average molecular weight is 180 g/mol. The van der Waals surface area contributed by atoms with Crippen LogP contribution >= 0.6 is 0 Å². The van der Waals surface area contributed by atoms with Crippen molar-refractivity contribution in [2.45, 2.75) is 6.10 Å². The molecule has 0 spiro atoms. The number of hydrogen-bond donors (Lipinski definition) is 1. The molecule has 0 aromatic heterocycles. The van der Waals surface area contributed by atoms with Crippen LogP contribution in [0.1, 0.15) is 11.7 Å². The normalized spacial score (nSPS) is 22.7. The van der Waals surface area contributed by atoms with E-state index in [9.17, 15) is 5.11 Å². The summed E-state index contributed by atoms with van der Waals surface area (Å²) in [7, 11) is 0. The van der Waals surface area contributed by atoms with E-state index >= 15 is 0 Å². The highest BCUT2D eigenvalue weighted by atomic mass is 16.7. The molecule has 2 heterocycles. The van der Waals surface area contributed by atoms with Crippen LogP contribution in [0.5, 0.6) is 17.2 Å². The Balaban J connectivity index is 2.16. The summed E-state index contributed by atoms with van der Waals surface area (Å²) in [5.74, 6) is 2.06. The van der Waals surface area contributed by atoms with E-state index in [2.05, 4.69) is 0 Å². The van der Waals surface area contributed by atoms with Gasteiger partial charge in [0, 0.05) is 11.6 Å². The molecule has 2 aliphatic rings. The second-order valence-corrected chi connectivity index (χ2v) is 3.07. The summed E-state index contributed by atoms with van der Waals surface area (Å²) < 4.78 is 15.6. The van der Waals surface area contributed by atoms with E-state index in [-0.39, 0.29) is 6.79 Å². The van der Waals surface area contributed by atoms with E-state index in [1.807, 2.05) is 0 Å². The second-order valence-electron chi connectivity index (χ2n) is 3.07. The monoisotopic (exact) mass is 180 g/mol. The third kappa shape index (κ3) is 0.890. The van der Waals surface area contributed by atoms with E-state index in [0.29, 0.717) is 23.9 Å². The Morgan fingerprint density at radius 1 is 1.08 bits per heavy atom. The summed E-state index contributed by atoms with van der Waals surface area (Å²) in [4.78, 5) is 0. The first-order valence-electron chi connectivity index (χ1n) is 4.09. The molecule has 13 heavy (non-hydrogen) atoms. The summed E-state index contributed by atoms with van der Waals surface area (Å²) in [6, 6.07) is 3.53. The fraction of sp³-hybridized carbons (Fsp3) is 0.333. The molecular formula is C9H8O4. The first-order chi connectivity index (χ1) is 6.34. The number of aliphatic hydroxyl groups is 1. The minimum absolute atomic E-state index is 0.244. The summed E-state index contributed by atoms with van der Waals surface area (Å²) in [5, 5.41) is 9.49. The maximum absolute atomic E-state index is 9.49. The summed E-state index contributed by atoms with van der Waals surface area (Å²) in [6.07, 6.45) is -0.538. The van der Waals surface area contributed by atoms with Crippen LogP contribution in [0.3, 0.4) is 0 Å².